The SMILES string of the molecule is CC(/C=C/C(C)C(C)(C)O)C1CCC2C3=CC=C4C[C@@H](O)CCC4(C)C3CCC21C. The van der Waals surface area contributed by atoms with Crippen LogP contribution in [-0.2, 0) is 0 Å². The maximum atomic E-state index is 10.3. The van der Waals surface area contributed by atoms with Gasteiger partial charge in [-0.25, -0.2) is 0 Å². The van der Waals surface area contributed by atoms with Crippen molar-refractivity contribution in [3.05, 3.63) is 35.5 Å². The maximum Gasteiger partial charge on any atom is 0.0651 e. The largest absolute Gasteiger partial charge is 0.393 e. The lowest BCUT2D eigenvalue weighted by atomic mass is 9.50. The van der Waals surface area contributed by atoms with Crippen LogP contribution in [0.3, 0.4) is 0 Å². The summed E-state index contributed by atoms with van der Waals surface area (Å²) in [6.07, 6.45) is 17.6. The molecule has 0 spiro atoms. The van der Waals surface area contributed by atoms with Gasteiger partial charge in [0, 0.05) is 5.92 Å². The zero-order valence-electron chi connectivity index (χ0n) is 20.1. The highest BCUT2D eigenvalue weighted by molar-refractivity contribution is 5.39. The van der Waals surface area contributed by atoms with E-state index < -0.39 is 5.60 Å². The number of allylic oxidation sites excluding steroid dienone is 4. The molecular formula is C28H44O2. The number of hydrogen-bond acceptors (Lipinski definition) is 2. The molecule has 30 heavy (non-hydrogen) atoms. The summed E-state index contributed by atoms with van der Waals surface area (Å²) < 4.78 is 0. The Morgan fingerprint density at radius 3 is 2.43 bits per heavy atom. The first kappa shape index (κ1) is 22.3. The average Bonchev–Trinajstić information content (AvgIpc) is 3.03. The second-order valence-corrected chi connectivity index (χ2v) is 12.2. The topological polar surface area (TPSA) is 40.5 Å². The first-order chi connectivity index (χ1) is 14.0. The van der Waals surface area contributed by atoms with E-state index in [1.54, 1.807) is 5.57 Å². The molecule has 0 amide bonds. The maximum absolute atomic E-state index is 10.3. The predicted octanol–water partition coefficient (Wildman–Crippen LogP) is 6.45. The Bertz CT molecular complexity index is 753. The van der Waals surface area contributed by atoms with Gasteiger partial charge in [0.25, 0.3) is 0 Å². The van der Waals surface area contributed by atoms with Crippen LogP contribution >= 0.6 is 0 Å². The lowest BCUT2D eigenvalue weighted by Gasteiger charge is -2.55. The van der Waals surface area contributed by atoms with Crippen LogP contribution in [-0.4, -0.2) is 21.9 Å². The van der Waals surface area contributed by atoms with Crippen LogP contribution in [0.2, 0.25) is 0 Å². The summed E-state index contributed by atoms with van der Waals surface area (Å²) in [5.41, 5.74) is 3.24. The molecule has 168 valence electrons. The van der Waals surface area contributed by atoms with Gasteiger partial charge in [0.15, 0.2) is 0 Å². The molecule has 0 heterocycles. The minimum absolute atomic E-state index is 0.136. The molecule has 8 atom stereocenters. The average molecular weight is 413 g/mol. The Kier molecular flexibility index (Phi) is 5.68. The second-order valence-electron chi connectivity index (χ2n) is 12.2. The molecule has 3 saturated carbocycles. The Labute approximate surface area is 184 Å². The first-order valence-corrected chi connectivity index (χ1v) is 12.5. The quantitative estimate of drug-likeness (QED) is 0.521. The van der Waals surface area contributed by atoms with Gasteiger partial charge in [-0.05, 0) is 93.3 Å². The molecule has 4 aliphatic rings. The molecule has 0 aromatic heterocycles. The van der Waals surface area contributed by atoms with E-state index >= 15 is 0 Å². The molecule has 0 saturated heterocycles. The highest BCUT2D eigenvalue weighted by Crippen LogP contribution is 2.65. The summed E-state index contributed by atoms with van der Waals surface area (Å²) in [4.78, 5) is 0. The van der Waals surface area contributed by atoms with E-state index in [0.717, 1.165) is 25.2 Å². The third-order valence-electron chi connectivity index (χ3n) is 10.1. The van der Waals surface area contributed by atoms with Crippen molar-refractivity contribution in [2.75, 3.05) is 0 Å². The van der Waals surface area contributed by atoms with Crippen LogP contribution < -0.4 is 0 Å². The van der Waals surface area contributed by atoms with Crippen LogP contribution in [0.25, 0.3) is 0 Å². The molecule has 0 bridgehead atoms. The van der Waals surface area contributed by atoms with Crippen molar-refractivity contribution in [3.63, 3.8) is 0 Å². The van der Waals surface area contributed by atoms with Crippen molar-refractivity contribution in [3.8, 4) is 0 Å². The van der Waals surface area contributed by atoms with E-state index in [4.69, 9.17) is 0 Å². The van der Waals surface area contributed by atoms with Gasteiger partial charge in [0.1, 0.15) is 0 Å². The molecule has 0 radical (unpaired) electrons. The van der Waals surface area contributed by atoms with Crippen molar-refractivity contribution in [2.45, 2.75) is 98.2 Å². The lowest BCUT2D eigenvalue weighted by molar-refractivity contribution is 0.0370. The zero-order valence-corrected chi connectivity index (χ0v) is 20.1. The van der Waals surface area contributed by atoms with Crippen LogP contribution in [0.5, 0.6) is 0 Å². The van der Waals surface area contributed by atoms with E-state index in [-0.39, 0.29) is 17.4 Å². The molecule has 2 nitrogen and oxygen atoms in total. The highest BCUT2D eigenvalue weighted by atomic mass is 16.3. The molecule has 3 fully saturated rings. The normalized spacial score (nSPS) is 43.3. The van der Waals surface area contributed by atoms with Gasteiger partial charge in [0.05, 0.1) is 11.7 Å². The minimum atomic E-state index is -0.656. The molecule has 2 N–H and O–H groups in total. The van der Waals surface area contributed by atoms with Crippen LogP contribution in [0.4, 0.5) is 0 Å². The van der Waals surface area contributed by atoms with Gasteiger partial charge < -0.3 is 10.2 Å². The first-order valence-electron chi connectivity index (χ1n) is 12.5. The Morgan fingerprint density at radius 1 is 1.00 bits per heavy atom. The van der Waals surface area contributed by atoms with Gasteiger partial charge in [0.2, 0.25) is 0 Å². The number of aliphatic hydroxyl groups is 2. The number of fused-ring (bicyclic) bond motifs is 5. The zero-order chi connectivity index (χ0) is 21.9. The third-order valence-corrected chi connectivity index (χ3v) is 10.1. The van der Waals surface area contributed by atoms with Crippen molar-refractivity contribution >= 4 is 0 Å². The molecule has 7 unspecified atom stereocenters. The summed E-state index contributed by atoms with van der Waals surface area (Å²) in [6.45, 7) is 13.4. The van der Waals surface area contributed by atoms with Crippen molar-refractivity contribution in [1.29, 1.82) is 0 Å². The van der Waals surface area contributed by atoms with Crippen LogP contribution in [0.1, 0.15) is 86.5 Å². The monoisotopic (exact) mass is 412 g/mol. The van der Waals surface area contributed by atoms with Crippen LogP contribution in [0.15, 0.2) is 35.5 Å². The fraction of sp³-hybridized carbons (Fsp3) is 0.786. The second kappa shape index (κ2) is 7.62. The third kappa shape index (κ3) is 3.56. The molecule has 0 aromatic carbocycles. The minimum Gasteiger partial charge on any atom is -0.393 e. The number of rotatable bonds is 4. The number of aliphatic hydroxyl groups excluding tert-OH is 1. The van der Waals surface area contributed by atoms with Gasteiger partial charge in [-0.1, -0.05) is 63.1 Å². The van der Waals surface area contributed by atoms with E-state index in [1.807, 2.05) is 13.8 Å². The van der Waals surface area contributed by atoms with E-state index in [0.29, 0.717) is 23.2 Å². The fourth-order valence-electron chi connectivity index (χ4n) is 7.60. The van der Waals surface area contributed by atoms with Gasteiger partial charge >= 0.3 is 0 Å². The fourth-order valence-corrected chi connectivity index (χ4v) is 7.60. The summed E-state index contributed by atoms with van der Waals surface area (Å²) >= 11 is 0. The van der Waals surface area contributed by atoms with E-state index in [1.165, 1.54) is 31.3 Å². The Balaban J connectivity index is 1.56. The Morgan fingerprint density at radius 2 is 1.73 bits per heavy atom. The molecule has 0 aromatic rings. The van der Waals surface area contributed by atoms with Crippen molar-refractivity contribution < 1.29 is 10.2 Å². The van der Waals surface area contributed by atoms with Crippen molar-refractivity contribution in [1.82, 2.24) is 0 Å². The van der Waals surface area contributed by atoms with Gasteiger partial charge in [-0.15, -0.1) is 0 Å². The summed E-state index contributed by atoms with van der Waals surface area (Å²) in [6, 6.07) is 0. The standard InChI is InChI=1S/C28H44O2/c1-18(7-8-19(2)26(3,4)30)23-11-12-24-22-10-9-20-17-21(29)13-15-27(20,5)25(22)14-16-28(23,24)6/h7-10,18-19,21,23-25,29-30H,11-17H2,1-6H3/b8-7+/t18?,19?,21-,23?,24?,25?,27?,28?/m0/s1. The Hall–Kier alpha value is -0.860. The van der Waals surface area contributed by atoms with Gasteiger partial charge in [-0.2, -0.15) is 0 Å². The predicted molar refractivity (Wildman–Crippen MR) is 125 cm³/mol. The number of hydrogen-bond donors (Lipinski definition) is 2. The summed E-state index contributed by atoms with van der Waals surface area (Å²) in [5, 5.41) is 20.5. The van der Waals surface area contributed by atoms with E-state index in [2.05, 4.69) is 52.0 Å². The summed E-state index contributed by atoms with van der Waals surface area (Å²) in [7, 11) is 0. The molecule has 0 aliphatic heterocycles. The molecule has 2 heteroatoms. The van der Waals surface area contributed by atoms with Crippen molar-refractivity contribution in [2.24, 2.45) is 40.4 Å². The van der Waals surface area contributed by atoms with Gasteiger partial charge in [-0.3, -0.25) is 0 Å². The smallest absolute Gasteiger partial charge is 0.0651 e. The molecule has 4 aliphatic carbocycles. The summed E-state index contributed by atoms with van der Waals surface area (Å²) in [5.74, 6) is 2.85. The lowest BCUT2D eigenvalue weighted by Crippen LogP contribution is -2.46. The van der Waals surface area contributed by atoms with E-state index in [9.17, 15) is 10.2 Å². The molecular weight excluding hydrogens is 368 g/mol. The molecule has 4 rings (SSSR count). The van der Waals surface area contributed by atoms with Crippen LogP contribution in [0, 0.1) is 40.4 Å². The highest BCUT2D eigenvalue weighted by Gasteiger charge is 2.56.